The van der Waals surface area contributed by atoms with Crippen molar-refractivity contribution in [2.45, 2.75) is 25.3 Å². The van der Waals surface area contributed by atoms with Gasteiger partial charge in [0.1, 0.15) is 6.04 Å². The first-order valence-corrected chi connectivity index (χ1v) is 10.2. The molecule has 0 aliphatic rings. The molecular weight excluding hydrogens is 392 g/mol. The quantitative estimate of drug-likeness (QED) is 0.332. The van der Waals surface area contributed by atoms with E-state index < -0.39 is 12.0 Å². The molecule has 0 fully saturated rings. The maximum atomic E-state index is 12.1. The molecule has 162 valence electrons. The van der Waals surface area contributed by atoms with Gasteiger partial charge in [0.05, 0.1) is 7.11 Å². The van der Waals surface area contributed by atoms with Crippen molar-refractivity contribution in [3.63, 3.8) is 0 Å². The van der Waals surface area contributed by atoms with Crippen molar-refractivity contribution >= 4 is 29.9 Å². The van der Waals surface area contributed by atoms with Crippen LogP contribution < -0.4 is 10.6 Å². The second-order valence-corrected chi connectivity index (χ2v) is 6.86. The predicted molar refractivity (Wildman–Crippen MR) is 122 cm³/mol. The molecule has 0 aliphatic carbocycles. The van der Waals surface area contributed by atoms with Crippen LogP contribution >= 0.6 is 0 Å². The number of methoxy groups -OCH3 is 1. The van der Waals surface area contributed by atoms with Crippen molar-refractivity contribution in [3.8, 4) is 0 Å². The van der Waals surface area contributed by atoms with Crippen LogP contribution in [0.25, 0.3) is 12.2 Å². The van der Waals surface area contributed by atoms with Crippen LogP contribution in [-0.2, 0) is 19.1 Å². The largest absolute Gasteiger partial charge is 0.467 e. The lowest BCUT2D eigenvalue weighted by atomic mass is 10.1. The summed E-state index contributed by atoms with van der Waals surface area (Å²) in [6.07, 6.45) is 8.06. The van der Waals surface area contributed by atoms with E-state index in [-0.39, 0.29) is 11.8 Å². The number of ether oxygens (including phenoxy) is 1. The van der Waals surface area contributed by atoms with Crippen molar-refractivity contribution < 1.29 is 19.1 Å². The minimum absolute atomic E-state index is 0.173. The van der Waals surface area contributed by atoms with Gasteiger partial charge in [-0.15, -0.1) is 0 Å². The van der Waals surface area contributed by atoms with Gasteiger partial charge in [-0.3, -0.25) is 9.59 Å². The van der Waals surface area contributed by atoms with E-state index >= 15 is 0 Å². The summed E-state index contributed by atoms with van der Waals surface area (Å²) in [5, 5.41) is 5.49. The third-order valence-electron chi connectivity index (χ3n) is 4.47. The number of amides is 2. The Balaban J connectivity index is 1.71. The highest BCUT2D eigenvalue weighted by Gasteiger charge is 2.19. The average molecular weight is 421 g/mol. The Hall–Kier alpha value is -3.67. The molecule has 0 spiro atoms. The van der Waals surface area contributed by atoms with Crippen LogP contribution in [0.4, 0.5) is 0 Å². The molecule has 2 amide bonds. The van der Waals surface area contributed by atoms with Crippen LogP contribution in [0.15, 0.2) is 72.8 Å². The van der Waals surface area contributed by atoms with Crippen LogP contribution in [-0.4, -0.2) is 37.5 Å². The van der Waals surface area contributed by atoms with E-state index in [2.05, 4.69) is 10.6 Å². The Kier molecular flexibility index (Phi) is 10.3. The minimum atomic E-state index is -0.730. The highest BCUT2D eigenvalue weighted by molar-refractivity contribution is 5.94. The Morgan fingerprint density at radius 3 is 1.94 bits per heavy atom. The zero-order chi connectivity index (χ0) is 22.3. The molecule has 0 aromatic heterocycles. The fourth-order valence-electron chi connectivity index (χ4n) is 2.83. The third kappa shape index (κ3) is 9.58. The number of hydrogen-bond donors (Lipinski definition) is 2. The van der Waals surface area contributed by atoms with Gasteiger partial charge >= 0.3 is 5.97 Å². The molecule has 31 heavy (non-hydrogen) atoms. The summed E-state index contributed by atoms with van der Waals surface area (Å²) in [5.41, 5.74) is 1.85. The molecule has 6 heteroatoms. The van der Waals surface area contributed by atoms with Crippen molar-refractivity contribution in [1.82, 2.24) is 10.6 Å². The molecular formula is C25H28N2O4. The summed E-state index contributed by atoms with van der Waals surface area (Å²) >= 11 is 0. The van der Waals surface area contributed by atoms with Gasteiger partial charge in [0.2, 0.25) is 11.8 Å². The van der Waals surface area contributed by atoms with E-state index in [4.69, 9.17) is 4.74 Å². The van der Waals surface area contributed by atoms with Crippen molar-refractivity contribution in [2.24, 2.45) is 0 Å². The fraction of sp³-hybridized carbons (Fsp3) is 0.240. The maximum Gasteiger partial charge on any atom is 0.328 e. The van der Waals surface area contributed by atoms with E-state index in [1.807, 2.05) is 60.7 Å². The van der Waals surface area contributed by atoms with Gasteiger partial charge in [-0.2, -0.15) is 0 Å². The number of benzene rings is 2. The molecule has 0 bridgehead atoms. The van der Waals surface area contributed by atoms with Gasteiger partial charge < -0.3 is 15.4 Å². The number of esters is 1. The Labute approximate surface area is 183 Å². The topological polar surface area (TPSA) is 84.5 Å². The van der Waals surface area contributed by atoms with Crippen LogP contribution in [0.1, 0.15) is 30.4 Å². The van der Waals surface area contributed by atoms with E-state index in [0.29, 0.717) is 25.8 Å². The molecule has 2 rings (SSSR count). The third-order valence-corrected chi connectivity index (χ3v) is 4.47. The molecule has 0 aliphatic heterocycles. The molecule has 6 nitrogen and oxygen atoms in total. The Morgan fingerprint density at radius 2 is 1.39 bits per heavy atom. The fourth-order valence-corrected chi connectivity index (χ4v) is 2.83. The normalized spacial score (nSPS) is 11.9. The van der Waals surface area contributed by atoms with Crippen LogP contribution in [0, 0.1) is 0 Å². The minimum Gasteiger partial charge on any atom is -0.467 e. The first-order chi connectivity index (χ1) is 15.1. The number of hydrogen-bond acceptors (Lipinski definition) is 4. The van der Waals surface area contributed by atoms with Crippen LogP contribution in [0.2, 0.25) is 0 Å². The summed E-state index contributed by atoms with van der Waals surface area (Å²) in [4.78, 5) is 36.0. The molecule has 0 unspecified atom stereocenters. The number of rotatable bonds is 11. The molecule has 2 N–H and O–H groups in total. The average Bonchev–Trinajstić information content (AvgIpc) is 2.81. The van der Waals surface area contributed by atoms with E-state index in [1.165, 1.54) is 19.3 Å². The van der Waals surface area contributed by atoms with Crippen molar-refractivity contribution in [1.29, 1.82) is 0 Å². The monoisotopic (exact) mass is 420 g/mol. The van der Waals surface area contributed by atoms with Gasteiger partial charge in [-0.05, 0) is 42.5 Å². The lowest BCUT2D eigenvalue weighted by Crippen LogP contribution is -2.40. The lowest BCUT2D eigenvalue weighted by molar-refractivity contribution is -0.144. The van der Waals surface area contributed by atoms with Gasteiger partial charge in [-0.25, -0.2) is 4.79 Å². The zero-order valence-corrected chi connectivity index (χ0v) is 17.6. The number of carbonyl (C=O) groups excluding carboxylic acids is 3. The van der Waals surface area contributed by atoms with E-state index in [9.17, 15) is 14.4 Å². The van der Waals surface area contributed by atoms with Gasteiger partial charge in [-0.1, -0.05) is 60.7 Å². The highest BCUT2D eigenvalue weighted by Crippen LogP contribution is 2.05. The van der Waals surface area contributed by atoms with E-state index in [0.717, 1.165) is 11.1 Å². The van der Waals surface area contributed by atoms with Crippen LogP contribution in [0.3, 0.4) is 0 Å². The summed E-state index contributed by atoms with van der Waals surface area (Å²) in [6.45, 7) is 0.480. The zero-order valence-electron chi connectivity index (χ0n) is 17.6. The number of nitrogens with one attached hydrogen (secondary N) is 2. The van der Waals surface area contributed by atoms with Gasteiger partial charge in [0.25, 0.3) is 0 Å². The van der Waals surface area contributed by atoms with Crippen molar-refractivity contribution in [2.75, 3.05) is 13.7 Å². The Morgan fingerprint density at radius 1 is 0.839 bits per heavy atom. The molecule has 0 heterocycles. The second kappa shape index (κ2) is 13.5. The van der Waals surface area contributed by atoms with Gasteiger partial charge in [0.15, 0.2) is 0 Å². The first-order valence-electron chi connectivity index (χ1n) is 10.2. The SMILES string of the molecule is COC(=O)[C@H](CCCCNC(=O)C=Cc1ccccc1)NC(=O)C=Cc1ccccc1. The number of unbranched alkanes of at least 4 members (excludes halogenated alkanes) is 1. The maximum absolute atomic E-state index is 12.1. The summed E-state index contributed by atoms with van der Waals surface area (Å²) < 4.78 is 4.79. The van der Waals surface area contributed by atoms with Crippen LogP contribution in [0.5, 0.6) is 0 Å². The number of carbonyl (C=O) groups is 3. The summed E-state index contributed by atoms with van der Waals surface area (Å²) in [6, 6.07) is 18.3. The lowest BCUT2D eigenvalue weighted by Gasteiger charge is -2.15. The van der Waals surface area contributed by atoms with E-state index in [1.54, 1.807) is 12.2 Å². The first kappa shape index (κ1) is 23.6. The summed E-state index contributed by atoms with van der Waals surface area (Å²) in [5.74, 6) is -1.03. The molecule has 1 atom stereocenters. The smallest absolute Gasteiger partial charge is 0.328 e. The molecule has 0 radical (unpaired) electrons. The summed E-state index contributed by atoms with van der Waals surface area (Å²) in [7, 11) is 1.29. The second-order valence-electron chi connectivity index (χ2n) is 6.86. The molecule has 0 saturated carbocycles. The Bertz CT molecular complexity index is 892. The van der Waals surface area contributed by atoms with Crippen molar-refractivity contribution in [3.05, 3.63) is 83.9 Å². The molecule has 2 aromatic carbocycles. The van der Waals surface area contributed by atoms with Gasteiger partial charge in [0, 0.05) is 18.7 Å². The molecule has 2 aromatic rings. The predicted octanol–water partition coefficient (Wildman–Crippen LogP) is 3.36. The highest BCUT2D eigenvalue weighted by atomic mass is 16.5. The standard InChI is InChI=1S/C25H28N2O4/c1-31-25(30)22(27-24(29)18-16-21-12-6-3-7-13-21)14-8-9-19-26-23(28)17-15-20-10-4-2-5-11-20/h2-7,10-13,15-18,22H,8-9,14,19H2,1H3,(H,26,28)(H,27,29)/t22-/m0/s1. The molecule has 0 saturated heterocycles.